The molecule has 0 aliphatic carbocycles. The van der Waals surface area contributed by atoms with E-state index in [9.17, 15) is 30.8 Å². The van der Waals surface area contributed by atoms with Gasteiger partial charge in [0.1, 0.15) is 5.82 Å². The summed E-state index contributed by atoms with van der Waals surface area (Å²) in [6, 6.07) is 7.21. The van der Waals surface area contributed by atoms with Gasteiger partial charge in [-0.1, -0.05) is 15.9 Å². The van der Waals surface area contributed by atoms with E-state index in [0.29, 0.717) is 16.6 Å². The molecule has 0 atom stereocenters. The van der Waals surface area contributed by atoms with Crippen LogP contribution in [0.15, 0.2) is 51.8 Å². The first-order valence-corrected chi connectivity index (χ1v) is 10.7. The van der Waals surface area contributed by atoms with E-state index in [4.69, 9.17) is 0 Å². The van der Waals surface area contributed by atoms with E-state index in [1.54, 1.807) is 0 Å². The van der Waals surface area contributed by atoms with Gasteiger partial charge in [-0.3, -0.25) is 4.79 Å². The first-order chi connectivity index (χ1) is 13.5. The smallest absolute Gasteiger partial charge is 0.336 e. The minimum absolute atomic E-state index is 0.0324. The van der Waals surface area contributed by atoms with Crippen LogP contribution in [0.3, 0.4) is 0 Å². The zero-order valence-corrected chi connectivity index (χ0v) is 17.2. The molecule has 0 aromatic heterocycles. The molecule has 156 valence electrons. The fraction of sp³-hybridized carbons (Fsp3) is 0.278. The number of rotatable bonds is 3. The van der Waals surface area contributed by atoms with E-state index in [-0.39, 0.29) is 36.6 Å². The van der Waals surface area contributed by atoms with Gasteiger partial charge in [0.2, 0.25) is 10.0 Å². The van der Waals surface area contributed by atoms with Crippen LogP contribution in [-0.4, -0.2) is 49.7 Å². The molecule has 1 saturated heterocycles. The Kier molecular flexibility index (Phi) is 6.02. The van der Waals surface area contributed by atoms with Gasteiger partial charge in [0.05, 0.1) is 16.0 Å². The van der Waals surface area contributed by atoms with E-state index in [0.717, 1.165) is 22.5 Å². The lowest BCUT2D eigenvalue weighted by molar-refractivity contribution is -0.137. The maximum atomic E-state index is 13.9. The van der Waals surface area contributed by atoms with Crippen LogP contribution in [0.1, 0.15) is 15.9 Å². The fourth-order valence-electron chi connectivity index (χ4n) is 2.93. The largest absolute Gasteiger partial charge is 0.416 e. The van der Waals surface area contributed by atoms with Crippen LogP contribution in [0.4, 0.5) is 17.6 Å². The number of hydrogen-bond donors (Lipinski definition) is 0. The Morgan fingerprint density at radius 1 is 0.966 bits per heavy atom. The second-order valence-corrected chi connectivity index (χ2v) is 9.20. The Morgan fingerprint density at radius 3 is 2.10 bits per heavy atom. The quantitative estimate of drug-likeness (QED) is 0.610. The molecule has 29 heavy (non-hydrogen) atoms. The van der Waals surface area contributed by atoms with Crippen molar-refractivity contribution < 1.29 is 30.8 Å². The van der Waals surface area contributed by atoms with Gasteiger partial charge in [0, 0.05) is 30.7 Å². The molecule has 0 radical (unpaired) electrons. The number of amides is 1. The normalized spacial score (nSPS) is 16.1. The van der Waals surface area contributed by atoms with E-state index in [1.165, 1.54) is 17.0 Å². The van der Waals surface area contributed by atoms with E-state index in [1.807, 2.05) is 0 Å². The second kappa shape index (κ2) is 8.04. The summed E-state index contributed by atoms with van der Waals surface area (Å²) in [5, 5.41) is 0. The number of nitrogens with zero attached hydrogens (tertiary/aromatic N) is 2. The highest BCUT2D eigenvalue weighted by Crippen LogP contribution is 2.30. The van der Waals surface area contributed by atoms with Crippen LogP contribution < -0.4 is 0 Å². The molecule has 3 rings (SSSR count). The molecule has 2 aromatic carbocycles. The Balaban J connectivity index is 1.71. The molecule has 1 amide bonds. The van der Waals surface area contributed by atoms with Gasteiger partial charge in [0.15, 0.2) is 0 Å². The number of benzene rings is 2. The van der Waals surface area contributed by atoms with Crippen molar-refractivity contribution in [2.75, 3.05) is 26.2 Å². The molecule has 2 aromatic rings. The molecule has 1 heterocycles. The summed E-state index contributed by atoms with van der Waals surface area (Å²) < 4.78 is 78.9. The van der Waals surface area contributed by atoms with Crippen LogP contribution in [-0.2, 0) is 16.2 Å². The van der Waals surface area contributed by atoms with Crippen molar-refractivity contribution in [3.05, 3.63) is 63.9 Å². The number of halogens is 5. The Morgan fingerprint density at radius 2 is 1.55 bits per heavy atom. The summed E-state index contributed by atoms with van der Waals surface area (Å²) in [5.74, 6) is -1.24. The molecule has 0 saturated carbocycles. The molecule has 5 nitrogen and oxygen atoms in total. The lowest BCUT2D eigenvalue weighted by atomic mass is 10.1. The van der Waals surface area contributed by atoms with Crippen LogP contribution in [0.5, 0.6) is 0 Å². The van der Waals surface area contributed by atoms with Crippen molar-refractivity contribution in [3.8, 4) is 0 Å². The number of hydrogen-bond acceptors (Lipinski definition) is 3. The predicted molar refractivity (Wildman–Crippen MR) is 100 cm³/mol. The highest BCUT2D eigenvalue weighted by Gasteiger charge is 2.33. The SMILES string of the molecule is O=C(c1cc(Br)ccc1F)N1CCN(S(=O)(=O)c2ccc(C(F)(F)F)cc2)CC1. The third kappa shape index (κ3) is 4.62. The first kappa shape index (κ1) is 21.7. The monoisotopic (exact) mass is 494 g/mol. The molecule has 1 aliphatic rings. The summed E-state index contributed by atoms with van der Waals surface area (Å²) >= 11 is 3.17. The van der Waals surface area contributed by atoms with Crippen molar-refractivity contribution >= 4 is 31.9 Å². The highest BCUT2D eigenvalue weighted by molar-refractivity contribution is 9.10. The van der Waals surface area contributed by atoms with E-state index < -0.39 is 33.5 Å². The third-order valence-electron chi connectivity index (χ3n) is 4.50. The minimum Gasteiger partial charge on any atom is -0.336 e. The molecule has 11 heteroatoms. The minimum atomic E-state index is -4.56. The van der Waals surface area contributed by atoms with Gasteiger partial charge in [0.25, 0.3) is 5.91 Å². The fourth-order valence-corrected chi connectivity index (χ4v) is 4.71. The number of piperazine rings is 1. The van der Waals surface area contributed by atoms with Crippen LogP contribution in [0.2, 0.25) is 0 Å². The number of carbonyl (C=O) groups excluding carboxylic acids is 1. The zero-order chi connectivity index (χ0) is 21.4. The zero-order valence-electron chi connectivity index (χ0n) is 14.8. The molecule has 0 N–H and O–H groups in total. The molecule has 1 aliphatic heterocycles. The Bertz CT molecular complexity index is 1020. The second-order valence-electron chi connectivity index (χ2n) is 6.34. The first-order valence-electron chi connectivity index (χ1n) is 8.42. The highest BCUT2D eigenvalue weighted by atomic mass is 79.9. The van der Waals surface area contributed by atoms with Gasteiger partial charge >= 0.3 is 6.18 Å². The molecular weight excluding hydrogens is 480 g/mol. The van der Waals surface area contributed by atoms with Crippen molar-refractivity contribution in [1.82, 2.24) is 9.21 Å². The number of alkyl halides is 3. The molecule has 0 bridgehead atoms. The predicted octanol–water partition coefficient (Wildman–Crippen LogP) is 3.75. The molecular formula is C18H15BrF4N2O3S. The lowest BCUT2D eigenvalue weighted by Crippen LogP contribution is -2.50. The third-order valence-corrected chi connectivity index (χ3v) is 6.91. The van der Waals surface area contributed by atoms with Crippen molar-refractivity contribution in [2.24, 2.45) is 0 Å². The Labute approximate surface area is 173 Å². The summed E-state index contributed by atoms with van der Waals surface area (Å²) in [6.07, 6.45) is -4.56. The average Bonchev–Trinajstić information content (AvgIpc) is 2.69. The standard InChI is InChI=1S/C18H15BrF4N2O3S/c19-13-3-6-16(20)15(11-13)17(26)24-7-9-25(10-8-24)29(27,28)14-4-1-12(2-5-14)18(21,22)23/h1-6,11H,7-10H2. The van der Waals surface area contributed by atoms with Gasteiger partial charge in [-0.25, -0.2) is 12.8 Å². The summed E-state index contributed by atoms with van der Waals surface area (Å²) in [5.41, 5.74) is -1.07. The average molecular weight is 495 g/mol. The van der Waals surface area contributed by atoms with Crippen molar-refractivity contribution in [3.63, 3.8) is 0 Å². The molecule has 1 fully saturated rings. The van der Waals surface area contributed by atoms with E-state index in [2.05, 4.69) is 15.9 Å². The van der Waals surface area contributed by atoms with Gasteiger partial charge in [-0.15, -0.1) is 0 Å². The van der Waals surface area contributed by atoms with Crippen molar-refractivity contribution in [1.29, 1.82) is 0 Å². The van der Waals surface area contributed by atoms with Gasteiger partial charge in [-0.05, 0) is 42.5 Å². The summed E-state index contributed by atoms with van der Waals surface area (Å²) in [6.45, 7) is -0.0370. The summed E-state index contributed by atoms with van der Waals surface area (Å²) in [7, 11) is -4.01. The van der Waals surface area contributed by atoms with Crippen molar-refractivity contribution in [2.45, 2.75) is 11.1 Å². The van der Waals surface area contributed by atoms with Crippen LogP contribution in [0.25, 0.3) is 0 Å². The van der Waals surface area contributed by atoms with Crippen LogP contribution in [0, 0.1) is 5.82 Å². The molecule has 0 spiro atoms. The van der Waals surface area contributed by atoms with Gasteiger partial charge < -0.3 is 4.90 Å². The summed E-state index contributed by atoms with van der Waals surface area (Å²) in [4.78, 5) is 13.6. The molecule has 0 unspecified atom stereocenters. The lowest BCUT2D eigenvalue weighted by Gasteiger charge is -2.34. The van der Waals surface area contributed by atoms with Gasteiger partial charge in [-0.2, -0.15) is 17.5 Å². The van der Waals surface area contributed by atoms with Crippen LogP contribution >= 0.6 is 15.9 Å². The maximum Gasteiger partial charge on any atom is 0.416 e. The number of carbonyl (C=O) groups is 1. The van der Waals surface area contributed by atoms with E-state index >= 15 is 0 Å². The number of sulfonamides is 1. The Hall–Kier alpha value is -1.98. The maximum absolute atomic E-state index is 13.9. The topological polar surface area (TPSA) is 57.7 Å².